The molecule has 0 aliphatic heterocycles. The summed E-state index contributed by atoms with van der Waals surface area (Å²) in [6.45, 7) is 5.01. The van der Waals surface area contributed by atoms with E-state index in [1.54, 1.807) is 33.5 Å². The van der Waals surface area contributed by atoms with Gasteiger partial charge in [0.25, 0.3) is 5.91 Å². The normalized spacial score (nSPS) is 13.9. The second-order valence-electron chi connectivity index (χ2n) is 6.00. The SMILES string of the molecule is COc1cc(C(=O)N(CC(C)C)C2CC2)cc(OC)c1OC. The minimum Gasteiger partial charge on any atom is -0.493 e. The molecule has 0 saturated heterocycles. The van der Waals surface area contributed by atoms with Crippen LogP contribution in [-0.4, -0.2) is 44.7 Å². The fraction of sp³-hybridized carbons (Fsp3) is 0.588. The van der Waals surface area contributed by atoms with Crippen LogP contribution in [0.25, 0.3) is 0 Å². The van der Waals surface area contributed by atoms with Gasteiger partial charge in [0.2, 0.25) is 5.75 Å². The molecule has 5 heteroatoms. The summed E-state index contributed by atoms with van der Waals surface area (Å²) < 4.78 is 16.0. The van der Waals surface area contributed by atoms with Crippen LogP contribution in [0, 0.1) is 5.92 Å². The largest absolute Gasteiger partial charge is 0.493 e. The standard InChI is InChI=1S/C17H25NO4/c1-11(2)10-18(13-6-7-13)17(19)12-8-14(20-3)16(22-5)15(9-12)21-4/h8-9,11,13H,6-7,10H2,1-5H3. The van der Waals surface area contributed by atoms with Crippen molar-refractivity contribution in [2.75, 3.05) is 27.9 Å². The highest BCUT2D eigenvalue weighted by Crippen LogP contribution is 2.39. The molecule has 2 rings (SSSR count). The number of rotatable bonds is 7. The van der Waals surface area contributed by atoms with Crippen LogP contribution in [0.4, 0.5) is 0 Å². The van der Waals surface area contributed by atoms with Crippen LogP contribution in [0.15, 0.2) is 12.1 Å². The van der Waals surface area contributed by atoms with Gasteiger partial charge in [-0.05, 0) is 30.9 Å². The summed E-state index contributed by atoms with van der Waals surface area (Å²) in [5.41, 5.74) is 0.571. The molecular formula is C17H25NO4. The van der Waals surface area contributed by atoms with Crippen molar-refractivity contribution in [2.24, 2.45) is 5.92 Å². The van der Waals surface area contributed by atoms with E-state index in [0.717, 1.165) is 19.4 Å². The topological polar surface area (TPSA) is 48.0 Å². The predicted octanol–water partition coefficient (Wildman–Crippen LogP) is 2.97. The van der Waals surface area contributed by atoms with Crippen LogP contribution in [0.2, 0.25) is 0 Å². The molecule has 1 fully saturated rings. The third-order valence-corrected chi connectivity index (χ3v) is 3.72. The van der Waals surface area contributed by atoms with Gasteiger partial charge in [-0.25, -0.2) is 0 Å². The van der Waals surface area contributed by atoms with Crippen molar-refractivity contribution < 1.29 is 19.0 Å². The van der Waals surface area contributed by atoms with Crippen LogP contribution in [0.1, 0.15) is 37.0 Å². The van der Waals surface area contributed by atoms with Crippen molar-refractivity contribution in [1.82, 2.24) is 4.90 Å². The number of ether oxygens (including phenoxy) is 3. The lowest BCUT2D eigenvalue weighted by molar-refractivity contribution is 0.0721. The molecular weight excluding hydrogens is 282 g/mol. The molecule has 0 heterocycles. The lowest BCUT2D eigenvalue weighted by Gasteiger charge is -2.25. The second-order valence-corrected chi connectivity index (χ2v) is 6.00. The number of hydrogen-bond acceptors (Lipinski definition) is 4. The van der Waals surface area contributed by atoms with Gasteiger partial charge in [0.1, 0.15) is 0 Å². The first-order chi connectivity index (χ1) is 10.5. The van der Waals surface area contributed by atoms with E-state index < -0.39 is 0 Å². The first kappa shape index (κ1) is 16.5. The quantitative estimate of drug-likeness (QED) is 0.777. The number of amides is 1. The molecule has 5 nitrogen and oxygen atoms in total. The maximum absolute atomic E-state index is 12.9. The van der Waals surface area contributed by atoms with E-state index in [1.165, 1.54) is 0 Å². The molecule has 1 aliphatic carbocycles. The Labute approximate surface area is 132 Å². The minimum absolute atomic E-state index is 0.0236. The minimum atomic E-state index is 0.0236. The van der Waals surface area contributed by atoms with Crippen LogP contribution in [0.3, 0.4) is 0 Å². The summed E-state index contributed by atoms with van der Waals surface area (Å²) in [4.78, 5) is 14.8. The second kappa shape index (κ2) is 6.90. The summed E-state index contributed by atoms with van der Waals surface area (Å²) in [6, 6.07) is 3.81. The van der Waals surface area contributed by atoms with Gasteiger partial charge in [0.05, 0.1) is 21.3 Å². The Morgan fingerprint density at radius 3 is 2.05 bits per heavy atom. The first-order valence-corrected chi connectivity index (χ1v) is 7.62. The van der Waals surface area contributed by atoms with Crippen molar-refractivity contribution in [3.8, 4) is 17.2 Å². The monoisotopic (exact) mass is 307 g/mol. The molecule has 0 atom stereocenters. The van der Waals surface area contributed by atoms with E-state index in [0.29, 0.717) is 34.8 Å². The highest BCUT2D eigenvalue weighted by atomic mass is 16.5. The number of benzene rings is 1. The molecule has 0 spiro atoms. The number of nitrogens with zero attached hydrogens (tertiary/aromatic N) is 1. The zero-order valence-corrected chi connectivity index (χ0v) is 14.0. The highest BCUT2D eigenvalue weighted by molar-refractivity contribution is 5.96. The average Bonchev–Trinajstić information content (AvgIpc) is 3.34. The van der Waals surface area contributed by atoms with Gasteiger partial charge < -0.3 is 19.1 Å². The summed E-state index contributed by atoms with van der Waals surface area (Å²) in [5.74, 6) is 1.97. The van der Waals surface area contributed by atoms with Gasteiger partial charge in [0, 0.05) is 18.2 Å². The van der Waals surface area contributed by atoms with Gasteiger partial charge in [-0.1, -0.05) is 13.8 Å². The number of carbonyl (C=O) groups excluding carboxylic acids is 1. The van der Waals surface area contributed by atoms with E-state index in [9.17, 15) is 4.79 Å². The molecule has 0 N–H and O–H groups in total. The van der Waals surface area contributed by atoms with Crippen LogP contribution < -0.4 is 14.2 Å². The molecule has 0 aromatic heterocycles. The van der Waals surface area contributed by atoms with Gasteiger partial charge in [0.15, 0.2) is 11.5 Å². The third kappa shape index (κ3) is 3.46. The van der Waals surface area contributed by atoms with E-state index in [1.807, 2.05) is 4.90 Å². The van der Waals surface area contributed by atoms with Crippen molar-refractivity contribution >= 4 is 5.91 Å². The Balaban J connectivity index is 2.35. The molecule has 1 aromatic carbocycles. The lowest BCUT2D eigenvalue weighted by Crippen LogP contribution is -2.36. The fourth-order valence-electron chi connectivity index (χ4n) is 2.55. The Kier molecular flexibility index (Phi) is 5.16. The molecule has 122 valence electrons. The van der Waals surface area contributed by atoms with Crippen molar-refractivity contribution in [1.29, 1.82) is 0 Å². The zero-order valence-electron chi connectivity index (χ0n) is 14.0. The summed E-state index contributed by atoms with van der Waals surface area (Å²) in [6.07, 6.45) is 2.17. The number of methoxy groups -OCH3 is 3. The van der Waals surface area contributed by atoms with Crippen LogP contribution >= 0.6 is 0 Å². The van der Waals surface area contributed by atoms with Gasteiger partial charge in [-0.3, -0.25) is 4.79 Å². The third-order valence-electron chi connectivity index (χ3n) is 3.72. The molecule has 0 unspecified atom stereocenters. The summed E-state index contributed by atoms with van der Waals surface area (Å²) >= 11 is 0. The summed E-state index contributed by atoms with van der Waals surface area (Å²) in [7, 11) is 4.66. The van der Waals surface area contributed by atoms with E-state index >= 15 is 0 Å². The van der Waals surface area contributed by atoms with Crippen molar-refractivity contribution in [2.45, 2.75) is 32.7 Å². The number of carbonyl (C=O) groups is 1. The Bertz CT molecular complexity index is 512. The molecule has 0 bridgehead atoms. The molecule has 1 aliphatic rings. The van der Waals surface area contributed by atoms with Crippen LogP contribution in [0.5, 0.6) is 17.2 Å². The smallest absolute Gasteiger partial charge is 0.254 e. The molecule has 1 saturated carbocycles. The van der Waals surface area contributed by atoms with Crippen molar-refractivity contribution in [3.05, 3.63) is 17.7 Å². The van der Waals surface area contributed by atoms with Gasteiger partial charge in [-0.2, -0.15) is 0 Å². The predicted molar refractivity (Wildman–Crippen MR) is 85.0 cm³/mol. The fourth-order valence-corrected chi connectivity index (χ4v) is 2.55. The number of hydrogen-bond donors (Lipinski definition) is 0. The maximum atomic E-state index is 12.9. The lowest BCUT2D eigenvalue weighted by atomic mass is 10.1. The average molecular weight is 307 g/mol. The Morgan fingerprint density at radius 1 is 1.14 bits per heavy atom. The Morgan fingerprint density at radius 2 is 1.68 bits per heavy atom. The molecule has 22 heavy (non-hydrogen) atoms. The van der Waals surface area contributed by atoms with E-state index in [4.69, 9.17) is 14.2 Å². The Hall–Kier alpha value is -1.91. The van der Waals surface area contributed by atoms with Gasteiger partial charge in [-0.15, -0.1) is 0 Å². The van der Waals surface area contributed by atoms with E-state index in [-0.39, 0.29) is 5.91 Å². The summed E-state index contributed by atoms with van der Waals surface area (Å²) in [5, 5.41) is 0. The molecule has 1 aromatic rings. The molecule has 1 amide bonds. The highest BCUT2D eigenvalue weighted by Gasteiger charge is 2.34. The molecule has 0 radical (unpaired) electrons. The zero-order chi connectivity index (χ0) is 16.3. The van der Waals surface area contributed by atoms with Gasteiger partial charge >= 0.3 is 0 Å². The van der Waals surface area contributed by atoms with Crippen molar-refractivity contribution in [3.63, 3.8) is 0 Å². The maximum Gasteiger partial charge on any atom is 0.254 e. The van der Waals surface area contributed by atoms with Crippen LogP contribution in [-0.2, 0) is 0 Å². The first-order valence-electron chi connectivity index (χ1n) is 7.62. The van der Waals surface area contributed by atoms with E-state index in [2.05, 4.69) is 13.8 Å².